The van der Waals surface area contributed by atoms with E-state index in [2.05, 4.69) is 0 Å². The van der Waals surface area contributed by atoms with Crippen LogP contribution < -0.4 is 5.73 Å². The summed E-state index contributed by atoms with van der Waals surface area (Å²) in [7, 11) is 0. The Morgan fingerprint density at radius 1 is 1.12 bits per heavy atom. The van der Waals surface area contributed by atoms with Gasteiger partial charge in [-0.3, -0.25) is 0 Å². The Labute approximate surface area is 99.4 Å². The monoisotopic (exact) mass is 273 g/mol. The van der Waals surface area contributed by atoms with Crippen molar-refractivity contribution in [3.63, 3.8) is 0 Å². The second kappa shape index (κ2) is 4.33. The molecule has 0 aromatic heterocycles. The number of nitrogen functional groups attached to an aromatic ring is 1. The maximum atomic E-state index is 13.3. The lowest BCUT2D eigenvalue weighted by molar-refractivity contribution is -0.141. The standard InChI is InChI=1S/C10H9ClF5N/c1-3(2)4-5(10(14,15)16)7(12)8(13)9(17)6(4)11/h3H,17H2,1-2H3. The molecule has 1 aromatic carbocycles. The molecule has 0 aliphatic carbocycles. The molecule has 2 N–H and O–H groups in total. The Morgan fingerprint density at radius 3 is 1.94 bits per heavy atom. The number of alkyl halides is 3. The third-order valence-electron chi connectivity index (χ3n) is 2.25. The van der Waals surface area contributed by atoms with E-state index in [1.165, 1.54) is 13.8 Å². The van der Waals surface area contributed by atoms with Crippen molar-refractivity contribution < 1.29 is 22.0 Å². The summed E-state index contributed by atoms with van der Waals surface area (Å²) in [4.78, 5) is 0. The van der Waals surface area contributed by atoms with Gasteiger partial charge < -0.3 is 5.73 Å². The van der Waals surface area contributed by atoms with Crippen LogP contribution >= 0.6 is 11.6 Å². The first-order valence-electron chi connectivity index (χ1n) is 4.62. The van der Waals surface area contributed by atoms with E-state index in [0.29, 0.717) is 0 Å². The Balaban J connectivity index is 3.79. The summed E-state index contributed by atoms with van der Waals surface area (Å²) in [5.74, 6) is -4.52. The van der Waals surface area contributed by atoms with Crippen LogP contribution in [0.5, 0.6) is 0 Å². The van der Waals surface area contributed by atoms with Gasteiger partial charge in [-0.25, -0.2) is 8.78 Å². The maximum absolute atomic E-state index is 13.3. The molecule has 7 heteroatoms. The Hall–Kier alpha value is -1.04. The minimum atomic E-state index is -5.03. The number of hydrogen-bond donors (Lipinski definition) is 1. The van der Waals surface area contributed by atoms with Gasteiger partial charge in [-0.1, -0.05) is 25.4 Å². The van der Waals surface area contributed by atoms with Gasteiger partial charge in [0.1, 0.15) is 0 Å². The number of hydrogen-bond acceptors (Lipinski definition) is 1. The van der Waals surface area contributed by atoms with Crippen molar-refractivity contribution in [3.8, 4) is 0 Å². The molecule has 0 fully saturated rings. The second-order valence-electron chi connectivity index (χ2n) is 3.80. The van der Waals surface area contributed by atoms with Crippen LogP contribution in [0.4, 0.5) is 27.6 Å². The molecule has 0 saturated carbocycles. The van der Waals surface area contributed by atoms with Crippen molar-refractivity contribution in [1.82, 2.24) is 0 Å². The van der Waals surface area contributed by atoms with Crippen LogP contribution in [-0.2, 0) is 6.18 Å². The smallest absolute Gasteiger partial charge is 0.395 e. The van der Waals surface area contributed by atoms with Crippen LogP contribution in [0.15, 0.2) is 0 Å². The summed E-state index contributed by atoms with van der Waals surface area (Å²) < 4.78 is 64.4. The zero-order chi connectivity index (χ0) is 13.5. The van der Waals surface area contributed by atoms with Gasteiger partial charge >= 0.3 is 6.18 Å². The SMILES string of the molecule is CC(C)c1c(Cl)c(N)c(F)c(F)c1C(F)(F)F. The largest absolute Gasteiger partial charge is 0.419 e. The van der Waals surface area contributed by atoms with Crippen LogP contribution in [0, 0.1) is 11.6 Å². The van der Waals surface area contributed by atoms with Crippen molar-refractivity contribution in [2.75, 3.05) is 5.73 Å². The molecule has 0 amide bonds. The topological polar surface area (TPSA) is 26.0 Å². The van der Waals surface area contributed by atoms with Gasteiger partial charge in [-0.05, 0) is 11.5 Å². The normalized spacial score (nSPS) is 12.3. The average Bonchev–Trinajstić information content (AvgIpc) is 2.17. The van der Waals surface area contributed by atoms with Crippen molar-refractivity contribution in [1.29, 1.82) is 0 Å². The molecule has 1 nitrogen and oxygen atoms in total. The lowest BCUT2D eigenvalue weighted by Crippen LogP contribution is -2.17. The van der Waals surface area contributed by atoms with Crippen molar-refractivity contribution in [3.05, 3.63) is 27.8 Å². The summed E-state index contributed by atoms with van der Waals surface area (Å²) >= 11 is 5.54. The molecule has 0 unspecified atom stereocenters. The van der Waals surface area contributed by atoms with Crippen LogP contribution in [0.1, 0.15) is 30.9 Å². The zero-order valence-corrected chi connectivity index (χ0v) is 9.68. The highest BCUT2D eigenvalue weighted by atomic mass is 35.5. The highest BCUT2D eigenvalue weighted by Gasteiger charge is 2.41. The molecule has 0 radical (unpaired) electrons. The molecule has 17 heavy (non-hydrogen) atoms. The Morgan fingerprint density at radius 2 is 1.59 bits per heavy atom. The van der Waals surface area contributed by atoms with Crippen molar-refractivity contribution in [2.24, 2.45) is 0 Å². The van der Waals surface area contributed by atoms with Crippen molar-refractivity contribution in [2.45, 2.75) is 25.9 Å². The third kappa shape index (κ3) is 2.31. The molecule has 96 valence electrons. The molecule has 0 bridgehead atoms. The third-order valence-corrected chi connectivity index (χ3v) is 2.66. The first kappa shape index (κ1) is 14.0. The Kier molecular flexibility index (Phi) is 3.57. The van der Waals surface area contributed by atoms with Gasteiger partial charge in [0.15, 0.2) is 11.6 Å². The average molecular weight is 274 g/mol. The number of anilines is 1. The molecule has 0 aliphatic heterocycles. The fourth-order valence-electron chi connectivity index (χ4n) is 1.52. The first-order valence-corrected chi connectivity index (χ1v) is 4.99. The Bertz CT molecular complexity index is 453. The summed E-state index contributed by atoms with van der Waals surface area (Å²) in [5, 5.41) is -0.591. The van der Waals surface area contributed by atoms with E-state index in [4.69, 9.17) is 17.3 Å². The van der Waals surface area contributed by atoms with Crippen molar-refractivity contribution >= 4 is 17.3 Å². The molecule has 0 saturated heterocycles. The minimum Gasteiger partial charge on any atom is -0.395 e. The molecular weight excluding hydrogens is 265 g/mol. The molecule has 0 heterocycles. The van der Waals surface area contributed by atoms with Gasteiger partial charge in [0.2, 0.25) is 0 Å². The zero-order valence-electron chi connectivity index (χ0n) is 8.92. The van der Waals surface area contributed by atoms with Gasteiger partial charge in [-0.2, -0.15) is 13.2 Å². The molecule has 0 aliphatic rings. The van der Waals surface area contributed by atoms with E-state index in [9.17, 15) is 22.0 Å². The molecule has 1 aromatic rings. The summed E-state index contributed by atoms with van der Waals surface area (Å²) in [5.41, 5.74) is 2.09. The minimum absolute atomic E-state index is 0.532. The predicted octanol–water partition coefficient (Wildman–Crippen LogP) is 4.34. The first-order chi connectivity index (χ1) is 7.59. The molecular formula is C10H9ClF5N. The van der Waals surface area contributed by atoms with Crippen LogP contribution in [0.3, 0.4) is 0 Å². The van der Waals surface area contributed by atoms with Gasteiger partial charge in [0, 0.05) is 0 Å². The summed E-state index contributed by atoms with van der Waals surface area (Å²) in [6.45, 7) is 2.76. The van der Waals surface area contributed by atoms with Gasteiger partial charge in [0.25, 0.3) is 0 Å². The van der Waals surface area contributed by atoms with E-state index in [-0.39, 0.29) is 0 Å². The van der Waals surface area contributed by atoms with Crippen LogP contribution in [0.25, 0.3) is 0 Å². The summed E-state index contributed by atoms with van der Waals surface area (Å²) in [6.07, 6.45) is -5.03. The van der Waals surface area contributed by atoms with Crippen LogP contribution in [0.2, 0.25) is 5.02 Å². The fourth-order valence-corrected chi connectivity index (χ4v) is 1.91. The second-order valence-corrected chi connectivity index (χ2v) is 4.17. The van der Waals surface area contributed by atoms with E-state index in [1.807, 2.05) is 0 Å². The van der Waals surface area contributed by atoms with Crippen LogP contribution in [-0.4, -0.2) is 0 Å². The van der Waals surface area contributed by atoms with Gasteiger partial charge in [-0.15, -0.1) is 0 Å². The maximum Gasteiger partial charge on any atom is 0.419 e. The lowest BCUT2D eigenvalue weighted by Gasteiger charge is -2.19. The number of nitrogens with two attached hydrogens (primary N) is 1. The molecule has 1 rings (SSSR count). The number of rotatable bonds is 1. The molecule has 0 atom stereocenters. The summed E-state index contributed by atoms with van der Waals surface area (Å²) in [6, 6.07) is 0. The quantitative estimate of drug-likeness (QED) is 0.460. The highest BCUT2D eigenvalue weighted by Crippen LogP contribution is 2.44. The fraction of sp³-hybridized carbons (Fsp3) is 0.400. The van der Waals surface area contributed by atoms with E-state index in [0.717, 1.165) is 0 Å². The van der Waals surface area contributed by atoms with E-state index < -0.39 is 45.6 Å². The van der Waals surface area contributed by atoms with E-state index in [1.54, 1.807) is 0 Å². The highest BCUT2D eigenvalue weighted by molar-refractivity contribution is 6.34. The molecule has 0 spiro atoms. The number of benzene rings is 1. The number of halogens is 6. The predicted molar refractivity (Wildman–Crippen MR) is 54.9 cm³/mol. The van der Waals surface area contributed by atoms with Gasteiger partial charge in [0.05, 0.1) is 16.3 Å². The van der Waals surface area contributed by atoms with E-state index >= 15 is 0 Å². The lowest BCUT2D eigenvalue weighted by atomic mass is 9.95.